The number of ether oxygens (including phenoxy) is 1. The summed E-state index contributed by atoms with van der Waals surface area (Å²) in [5, 5.41) is 3.20. The number of anilines is 1. The maximum Gasteiger partial charge on any atom is 0.348 e. The van der Waals surface area contributed by atoms with E-state index in [1.807, 2.05) is 13.8 Å². The molecule has 0 saturated heterocycles. The third-order valence-corrected chi connectivity index (χ3v) is 5.27. The summed E-state index contributed by atoms with van der Waals surface area (Å²) in [5.41, 5.74) is 1.91. The number of rotatable bonds is 5. The smallest absolute Gasteiger partial charge is 0.348 e. The topological polar surface area (TPSA) is 90.3 Å². The normalized spacial score (nSPS) is 11.9. The lowest BCUT2D eigenvalue weighted by Crippen LogP contribution is -2.34. The highest BCUT2D eigenvalue weighted by Gasteiger charge is 2.25. The molecule has 0 aromatic carbocycles. The number of carbonyl (C=O) groups excluding carboxylic acids is 2. The summed E-state index contributed by atoms with van der Waals surface area (Å²) in [5.74, 6) is -0.865. The van der Waals surface area contributed by atoms with Gasteiger partial charge in [0.2, 0.25) is 5.91 Å². The van der Waals surface area contributed by atoms with Crippen LogP contribution in [0, 0.1) is 27.7 Å². The van der Waals surface area contributed by atoms with Crippen LogP contribution in [0.15, 0.2) is 10.9 Å². The molecule has 26 heavy (non-hydrogen) atoms. The Balaban J connectivity index is 2.35. The minimum absolute atomic E-state index is 0.251. The highest BCUT2D eigenvalue weighted by atomic mass is 32.1. The van der Waals surface area contributed by atoms with Crippen LogP contribution in [0.3, 0.4) is 0 Å². The Morgan fingerprint density at radius 1 is 1.31 bits per heavy atom. The van der Waals surface area contributed by atoms with Crippen molar-refractivity contribution in [1.82, 2.24) is 9.55 Å². The highest BCUT2D eigenvalue weighted by molar-refractivity contribution is 7.16. The molecule has 0 bridgehead atoms. The molecule has 2 aromatic rings. The number of hydrogen-bond donors (Lipinski definition) is 1. The van der Waals surface area contributed by atoms with Crippen LogP contribution in [0.25, 0.3) is 0 Å². The van der Waals surface area contributed by atoms with Crippen LogP contribution in [0.1, 0.15) is 52.1 Å². The quantitative estimate of drug-likeness (QED) is 0.809. The van der Waals surface area contributed by atoms with Gasteiger partial charge >= 0.3 is 11.7 Å². The number of thiophene rings is 1. The maximum atomic E-state index is 12.7. The molecule has 0 aliphatic carbocycles. The van der Waals surface area contributed by atoms with Crippen molar-refractivity contribution >= 4 is 28.2 Å². The molecule has 2 rings (SSSR count). The van der Waals surface area contributed by atoms with Gasteiger partial charge in [-0.25, -0.2) is 9.59 Å². The Morgan fingerprint density at radius 3 is 2.54 bits per heavy atom. The second-order valence-corrected chi connectivity index (χ2v) is 7.29. The van der Waals surface area contributed by atoms with E-state index in [0.717, 1.165) is 10.4 Å². The van der Waals surface area contributed by atoms with Crippen LogP contribution in [0.4, 0.5) is 5.00 Å². The summed E-state index contributed by atoms with van der Waals surface area (Å²) in [4.78, 5) is 41.9. The summed E-state index contributed by atoms with van der Waals surface area (Å²) in [7, 11) is 0. The van der Waals surface area contributed by atoms with Crippen molar-refractivity contribution in [2.24, 2.45) is 0 Å². The molecule has 2 heterocycles. The highest BCUT2D eigenvalue weighted by Crippen LogP contribution is 2.33. The number of aromatic nitrogens is 2. The Labute approximate surface area is 156 Å². The van der Waals surface area contributed by atoms with E-state index in [4.69, 9.17) is 4.74 Å². The molecule has 0 radical (unpaired) electrons. The van der Waals surface area contributed by atoms with E-state index in [0.29, 0.717) is 22.0 Å². The fraction of sp³-hybridized carbons (Fsp3) is 0.444. The molecular weight excluding hydrogens is 354 g/mol. The molecule has 0 spiro atoms. The molecule has 0 aliphatic heterocycles. The zero-order chi connectivity index (χ0) is 19.6. The number of aryl methyl sites for hydroxylation is 3. The van der Waals surface area contributed by atoms with Crippen LogP contribution in [0.2, 0.25) is 0 Å². The van der Waals surface area contributed by atoms with Gasteiger partial charge in [-0.1, -0.05) is 0 Å². The third-order valence-electron chi connectivity index (χ3n) is 4.14. The van der Waals surface area contributed by atoms with Crippen molar-refractivity contribution in [2.75, 3.05) is 11.9 Å². The lowest BCUT2D eigenvalue weighted by molar-refractivity contribution is -0.118. The zero-order valence-corrected chi connectivity index (χ0v) is 16.6. The first-order valence-electron chi connectivity index (χ1n) is 8.32. The van der Waals surface area contributed by atoms with Gasteiger partial charge in [0.1, 0.15) is 11.0 Å². The predicted molar refractivity (Wildman–Crippen MR) is 101 cm³/mol. The summed E-state index contributed by atoms with van der Waals surface area (Å²) >= 11 is 1.31. The van der Waals surface area contributed by atoms with Gasteiger partial charge in [-0.05, 0) is 53.2 Å². The van der Waals surface area contributed by atoms with Crippen LogP contribution in [-0.2, 0) is 9.53 Å². The number of esters is 1. The van der Waals surface area contributed by atoms with Gasteiger partial charge in [0, 0.05) is 16.3 Å². The van der Waals surface area contributed by atoms with Crippen molar-refractivity contribution in [3.05, 3.63) is 43.9 Å². The van der Waals surface area contributed by atoms with Crippen LogP contribution in [0.5, 0.6) is 0 Å². The Morgan fingerprint density at radius 2 is 1.96 bits per heavy atom. The first-order chi connectivity index (χ1) is 12.2. The largest absolute Gasteiger partial charge is 0.462 e. The van der Waals surface area contributed by atoms with Crippen molar-refractivity contribution < 1.29 is 14.3 Å². The van der Waals surface area contributed by atoms with Gasteiger partial charge in [0.15, 0.2) is 0 Å². The second-order valence-electron chi connectivity index (χ2n) is 6.06. The maximum absolute atomic E-state index is 12.7. The monoisotopic (exact) mass is 377 g/mol. The summed E-state index contributed by atoms with van der Waals surface area (Å²) < 4.78 is 6.43. The Bertz CT molecular complexity index is 914. The molecule has 140 valence electrons. The van der Waals surface area contributed by atoms with E-state index >= 15 is 0 Å². The Hall–Kier alpha value is -2.48. The molecule has 1 amide bonds. The van der Waals surface area contributed by atoms with Gasteiger partial charge in [-0.2, -0.15) is 4.98 Å². The predicted octanol–water partition coefficient (Wildman–Crippen LogP) is 2.91. The van der Waals surface area contributed by atoms with Crippen molar-refractivity contribution in [3.63, 3.8) is 0 Å². The van der Waals surface area contributed by atoms with E-state index in [9.17, 15) is 14.4 Å². The molecule has 0 aliphatic rings. The van der Waals surface area contributed by atoms with E-state index < -0.39 is 23.6 Å². The minimum atomic E-state index is -0.770. The number of hydrogen-bond acceptors (Lipinski definition) is 6. The van der Waals surface area contributed by atoms with Crippen molar-refractivity contribution in [2.45, 2.75) is 47.6 Å². The lowest BCUT2D eigenvalue weighted by Gasteiger charge is -2.17. The molecule has 2 aromatic heterocycles. The first-order valence-corrected chi connectivity index (χ1v) is 9.13. The van der Waals surface area contributed by atoms with Gasteiger partial charge in [0.05, 0.1) is 12.2 Å². The van der Waals surface area contributed by atoms with E-state index in [2.05, 4.69) is 10.3 Å². The molecule has 8 heteroatoms. The van der Waals surface area contributed by atoms with Crippen molar-refractivity contribution in [1.29, 1.82) is 0 Å². The molecule has 1 atom stereocenters. The van der Waals surface area contributed by atoms with Crippen molar-refractivity contribution in [3.8, 4) is 0 Å². The Kier molecular flexibility index (Phi) is 5.97. The molecule has 1 unspecified atom stereocenters. The van der Waals surface area contributed by atoms with E-state index in [1.54, 1.807) is 33.8 Å². The molecular formula is C18H23N3O4S. The first kappa shape index (κ1) is 19.8. The summed E-state index contributed by atoms with van der Waals surface area (Å²) in [6.07, 6.45) is 0. The lowest BCUT2D eigenvalue weighted by atomic mass is 10.1. The van der Waals surface area contributed by atoms with Crippen LogP contribution in [-0.4, -0.2) is 28.0 Å². The molecule has 1 N–H and O–H groups in total. The average Bonchev–Trinajstić information content (AvgIpc) is 2.80. The number of nitrogens with zero attached hydrogens (tertiary/aromatic N) is 2. The number of nitrogens with one attached hydrogen (secondary N) is 1. The molecule has 0 saturated carbocycles. The SMILES string of the molecule is CCOC(=O)c1c(NC(=O)C(C)n2c(C)cc(C)nc2=O)sc(C)c1C. The van der Waals surface area contributed by atoms with E-state index in [1.165, 1.54) is 15.9 Å². The van der Waals surface area contributed by atoms with Crippen LogP contribution >= 0.6 is 11.3 Å². The number of amides is 1. The average molecular weight is 377 g/mol. The minimum Gasteiger partial charge on any atom is -0.462 e. The summed E-state index contributed by atoms with van der Waals surface area (Å²) in [6.45, 7) is 10.8. The van der Waals surface area contributed by atoms with Gasteiger partial charge < -0.3 is 10.1 Å². The van der Waals surface area contributed by atoms with Gasteiger partial charge in [0.25, 0.3) is 0 Å². The third kappa shape index (κ3) is 3.85. The number of carbonyl (C=O) groups is 2. The molecule has 0 fully saturated rings. The standard InChI is InChI=1S/C18H23N3O4S/c1-7-25-17(23)14-11(4)13(6)26-16(14)20-15(22)12(5)21-10(3)8-9(2)19-18(21)24/h8,12H,7H2,1-6H3,(H,20,22). The van der Waals surface area contributed by atoms with E-state index in [-0.39, 0.29) is 6.61 Å². The van der Waals surface area contributed by atoms with Gasteiger partial charge in [-0.3, -0.25) is 9.36 Å². The zero-order valence-electron chi connectivity index (χ0n) is 15.8. The van der Waals surface area contributed by atoms with Gasteiger partial charge in [-0.15, -0.1) is 11.3 Å². The molecule has 7 nitrogen and oxygen atoms in total. The fourth-order valence-electron chi connectivity index (χ4n) is 2.73. The second kappa shape index (κ2) is 7.82. The van der Waals surface area contributed by atoms with Crippen LogP contribution < -0.4 is 11.0 Å². The summed E-state index contributed by atoms with van der Waals surface area (Å²) in [6, 6.07) is 0.975. The fourth-order valence-corrected chi connectivity index (χ4v) is 3.78.